The SMILES string of the molecule is CN(C)CCc1noc(/C=C/c2cccc(N)c2)n1. The third-order valence-corrected chi connectivity index (χ3v) is 2.60. The lowest BCUT2D eigenvalue weighted by molar-refractivity contribution is 0.385. The molecule has 100 valence electrons. The predicted molar refractivity (Wildman–Crippen MR) is 76.3 cm³/mol. The Morgan fingerprint density at radius 2 is 2.16 bits per heavy atom. The van der Waals surface area contributed by atoms with Crippen LogP contribution in [0.4, 0.5) is 5.69 Å². The predicted octanol–water partition coefficient (Wildman–Crippen LogP) is 1.93. The molecule has 1 aromatic carbocycles. The Morgan fingerprint density at radius 3 is 2.89 bits per heavy atom. The van der Waals surface area contributed by atoms with Crippen molar-refractivity contribution in [2.75, 3.05) is 26.4 Å². The second-order valence-electron chi connectivity index (χ2n) is 4.61. The molecular formula is C14H18N4O. The molecule has 2 N–H and O–H groups in total. The number of aromatic nitrogens is 2. The molecule has 5 nitrogen and oxygen atoms in total. The average molecular weight is 258 g/mol. The molecule has 1 heterocycles. The van der Waals surface area contributed by atoms with Crippen molar-refractivity contribution in [1.82, 2.24) is 15.0 Å². The highest BCUT2D eigenvalue weighted by atomic mass is 16.5. The molecule has 2 rings (SSSR count). The highest BCUT2D eigenvalue weighted by Crippen LogP contribution is 2.10. The van der Waals surface area contributed by atoms with Gasteiger partial charge in [0.05, 0.1) is 0 Å². The summed E-state index contributed by atoms with van der Waals surface area (Å²) in [6, 6.07) is 7.62. The summed E-state index contributed by atoms with van der Waals surface area (Å²) < 4.78 is 5.15. The number of likely N-dealkylation sites (N-methyl/N-ethyl adjacent to an activating group) is 1. The van der Waals surface area contributed by atoms with E-state index in [2.05, 4.69) is 15.0 Å². The molecule has 0 unspecified atom stereocenters. The van der Waals surface area contributed by atoms with E-state index in [0.717, 1.165) is 30.0 Å². The second-order valence-corrected chi connectivity index (χ2v) is 4.61. The van der Waals surface area contributed by atoms with Gasteiger partial charge in [-0.05, 0) is 37.9 Å². The topological polar surface area (TPSA) is 68.2 Å². The zero-order valence-corrected chi connectivity index (χ0v) is 11.2. The van der Waals surface area contributed by atoms with E-state index >= 15 is 0 Å². The van der Waals surface area contributed by atoms with Gasteiger partial charge in [0, 0.05) is 24.7 Å². The number of hydrogen-bond donors (Lipinski definition) is 1. The molecule has 0 atom stereocenters. The van der Waals surface area contributed by atoms with Gasteiger partial charge in [0.25, 0.3) is 5.89 Å². The summed E-state index contributed by atoms with van der Waals surface area (Å²) in [7, 11) is 4.03. The van der Waals surface area contributed by atoms with Gasteiger partial charge in [-0.15, -0.1) is 0 Å². The quantitative estimate of drug-likeness (QED) is 0.830. The number of rotatable bonds is 5. The van der Waals surface area contributed by atoms with Crippen LogP contribution in [0.1, 0.15) is 17.3 Å². The van der Waals surface area contributed by atoms with Crippen LogP contribution in [0.2, 0.25) is 0 Å². The van der Waals surface area contributed by atoms with E-state index in [9.17, 15) is 0 Å². The molecule has 19 heavy (non-hydrogen) atoms. The zero-order chi connectivity index (χ0) is 13.7. The minimum Gasteiger partial charge on any atom is -0.399 e. The Bertz CT molecular complexity index is 560. The van der Waals surface area contributed by atoms with Crippen LogP contribution in [0, 0.1) is 0 Å². The smallest absolute Gasteiger partial charge is 0.250 e. The first-order chi connectivity index (χ1) is 9.13. The van der Waals surface area contributed by atoms with Crippen LogP contribution in [0.15, 0.2) is 28.8 Å². The van der Waals surface area contributed by atoms with Crippen molar-refractivity contribution in [1.29, 1.82) is 0 Å². The Hall–Kier alpha value is -2.14. The maximum Gasteiger partial charge on any atom is 0.250 e. The van der Waals surface area contributed by atoms with Crippen molar-refractivity contribution in [3.8, 4) is 0 Å². The summed E-state index contributed by atoms with van der Waals surface area (Å²) in [5.74, 6) is 1.23. The second kappa shape index (κ2) is 6.15. The van der Waals surface area contributed by atoms with E-state index in [-0.39, 0.29) is 0 Å². The van der Waals surface area contributed by atoms with Crippen molar-refractivity contribution < 1.29 is 4.52 Å². The lowest BCUT2D eigenvalue weighted by Gasteiger charge is -2.05. The third kappa shape index (κ3) is 4.22. The van der Waals surface area contributed by atoms with Crippen molar-refractivity contribution in [3.05, 3.63) is 41.5 Å². The Kier molecular flexibility index (Phi) is 4.30. The van der Waals surface area contributed by atoms with Gasteiger partial charge in [-0.1, -0.05) is 17.3 Å². The van der Waals surface area contributed by atoms with E-state index in [0.29, 0.717) is 5.89 Å². The number of nitrogens with zero attached hydrogens (tertiary/aromatic N) is 3. The first kappa shape index (κ1) is 13.3. The molecule has 0 saturated heterocycles. The summed E-state index contributed by atoms with van der Waals surface area (Å²) in [6.45, 7) is 0.901. The molecule has 5 heteroatoms. The molecule has 0 aliphatic carbocycles. The summed E-state index contributed by atoms with van der Waals surface area (Å²) in [5.41, 5.74) is 7.45. The summed E-state index contributed by atoms with van der Waals surface area (Å²) >= 11 is 0. The molecule has 2 aromatic rings. The maximum absolute atomic E-state index is 5.71. The zero-order valence-electron chi connectivity index (χ0n) is 11.2. The molecule has 0 aliphatic heterocycles. The van der Waals surface area contributed by atoms with Crippen molar-refractivity contribution >= 4 is 17.8 Å². The number of benzene rings is 1. The fourth-order valence-electron chi connectivity index (χ4n) is 1.59. The van der Waals surface area contributed by atoms with Crippen LogP contribution < -0.4 is 5.73 Å². The normalized spacial score (nSPS) is 11.5. The van der Waals surface area contributed by atoms with E-state index in [1.807, 2.05) is 44.4 Å². The van der Waals surface area contributed by atoms with E-state index in [1.54, 1.807) is 6.08 Å². The molecule has 0 bridgehead atoms. The minimum atomic E-state index is 0.510. The Morgan fingerprint density at radius 1 is 1.32 bits per heavy atom. The first-order valence-electron chi connectivity index (χ1n) is 6.14. The van der Waals surface area contributed by atoms with Gasteiger partial charge >= 0.3 is 0 Å². The lowest BCUT2D eigenvalue weighted by Crippen LogP contribution is -2.15. The van der Waals surface area contributed by atoms with Crippen LogP contribution in [0.5, 0.6) is 0 Å². The maximum atomic E-state index is 5.71. The van der Waals surface area contributed by atoms with Crippen LogP contribution in [0.25, 0.3) is 12.2 Å². The molecule has 0 fully saturated rings. The molecule has 0 amide bonds. The molecule has 0 spiro atoms. The molecule has 0 aliphatic rings. The van der Waals surface area contributed by atoms with Crippen molar-refractivity contribution in [2.45, 2.75) is 6.42 Å². The van der Waals surface area contributed by atoms with Crippen LogP contribution in [-0.4, -0.2) is 35.7 Å². The first-order valence-corrected chi connectivity index (χ1v) is 6.14. The van der Waals surface area contributed by atoms with Gasteiger partial charge in [0.15, 0.2) is 5.82 Å². The summed E-state index contributed by atoms with van der Waals surface area (Å²) in [6.07, 6.45) is 4.48. The average Bonchev–Trinajstić information content (AvgIpc) is 2.82. The Balaban J connectivity index is 1.99. The Labute approximate surface area is 112 Å². The van der Waals surface area contributed by atoms with E-state index in [1.165, 1.54) is 0 Å². The van der Waals surface area contributed by atoms with Crippen molar-refractivity contribution in [2.24, 2.45) is 0 Å². The fraction of sp³-hybridized carbons (Fsp3) is 0.286. The highest BCUT2D eigenvalue weighted by Gasteiger charge is 2.03. The molecular weight excluding hydrogens is 240 g/mol. The fourth-order valence-corrected chi connectivity index (χ4v) is 1.59. The standard InChI is InChI=1S/C14H18N4O/c1-18(2)9-8-13-16-14(19-17-13)7-6-11-4-3-5-12(15)10-11/h3-7,10H,8-9,15H2,1-2H3/b7-6+. The highest BCUT2D eigenvalue weighted by molar-refractivity contribution is 5.67. The van der Waals surface area contributed by atoms with Crippen LogP contribution >= 0.6 is 0 Å². The molecule has 1 aromatic heterocycles. The van der Waals surface area contributed by atoms with Gasteiger partial charge in [0.1, 0.15) is 0 Å². The number of hydrogen-bond acceptors (Lipinski definition) is 5. The number of nitrogen functional groups attached to an aromatic ring is 1. The third-order valence-electron chi connectivity index (χ3n) is 2.60. The minimum absolute atomic E-state index is 0.510. The van der Waals surface area contributed by atoms with E-state index in [4.69, 9.17) is 10.3 Å². The summed E-state index contributed by atoms with van der Waals surface area (Å²) in [4.78, 5) is 6.38. The number of anilines is 1. The van der Waals surface area contributed by atoms with Gasteiger partial charge in [-0.25, -0.2) is 0 Å². The van der Waals surface area contributed by atoms with Gasteiger partial charge in [0.2, 0.25) is 0 Å². The van der Waals surface area contributed by atoms with Gasteiger partial charge < -0.3 is 15.2 Å². The molecule has 0 radical (unpaired) electrons. The lowest BCUT2D eigenvalue weighted by atomic mass is 10.2. The largest absolute Gasteiger partial charge is 0.399 e. The van der Waals surface area contributed by atoms with Gasteiger partial charge in [-0.2, -0.15) is 4.98 Å². The van der Waals surface area contributed by atoms with E-state index < -0.39 is 0 Å². The molecule has 0 saturated carbocycles. The van der Waals surface area contributed by atoms with Gasteiger partial charge in [-0.3, -0.25) is 0 Å². The monoisotopic (exact) mass is 258 g/mol. The van der Waals surface area contributed by atoms with Crippen LogP contribution in [-0.2, 0) is 6.42 Å². The van der Waals surface area contributed by atoms with Crippen molar-refractivity contribution in [3.63, 3.8) is 0 Å². The number of nitrogens with two attached hydrogens (primary N) is 1. The summed E-state index contributed by atoms with van der Waals surface area (Å²) in [5, 5.41) is 3.93. The van der Waals surface area contributed by atoms with Crippen LogP contribution in [0.3, 0.4) is 0 Å².